The number of amides is 3. The first-order valence-electron chi connectivity index (χ1n) is 10.8. The number of nitrogens with one attached hydrogen (secondary N) is 1. The molecule has 34 heavy (non-hydrogen) atoms. The molecular weight excluding hydrogens is 449 g/mol. The number of hydrogen-bond donors (Lipinski definition) is 1. The summed E-state index contributed by atoms with van der Waals surface area (Å²) in [6.45, 7) is 2.80. The molecular formula is C23H21F3N6O2. The highest BCUT2D eigenvalue weighted by molar-refractivity contribution is 5.97. The van der Waals surface area contributed by atoms with Gasteiger partial charge < -0.3 is 15.1 Å². The fraction of sp³-hybridized carbons (Fsp3) is 0.304. The van der Waals surface area contributed by atoms with E-state index in [0.29, 0.717) is 30.9 Å². The Labute approximate surface area is 193 Å². The zero-order valence-electron chi connectivity index (χ0n) is 18.2. The van der Waals surface area contributed by atoms with Crippen LogP contribution in [0.1, 0.15) is 30.5 Å². The van der Waals surface area contributed by atoms with Gasteiger partial charge in [-0.1, -0.05) is 6.07 Å². The molecule has 3 aromatic rings. The van der Waals surface area contributed by atoms with Gasteiger partial charge in [-0.3, -0.25) is 14.5 Å². The Morgan fingerprint density at radius 2 is 1.91 bits per heavy atom. The van der Waals surface area contributed by atoms with Gasteiger partial charge in [-0.05, 0) is 18.6 Å². The van der Waals surface area contributed by atoms with E-state index in [1.165, 1.54) is 4.90 Å². The molecule has 1 fully saturated rings. The molecule has 2 aliphatic rings. The average Bonchev–Trinajstić information content (AvgIpc) is 3.40. The third kappa shape index (κ3) is 3.87. The van der Waals surface area contributed by atoms with Crippen molar-refractivity contribution in [2.45, 2.75) is 38.4 Å². The predicted molar refractivity (Wildman–Crippen MR) is 117 cm³/mol. The largest absolute Gasteiger partial charge is 0.322 e. The van der Waals surface area contributed by atoms with E-state index >= 15 is 0 Å². The summed E-state index contributed by atoms with van der Waals surface area (Å²) in [5.41, 5.74) is 2.10. The number of anilines is 2. The number of nitrogens with zero attached hydrogens (tertiary/aromatic N) is 5. The van der Waals surface area contributed by atoms with Gasteiger partial charge in [0.2, 0.25) is 5.91 Å². The fourth-order valence-corrected chi connectivity index (χ4v) is 4.49. The van der Waals surface area contributed by atoms with E-state index in [0.717, 1.165) is 17.7 Å². The van der Waals surface area contributed by atoms with Crippen molar-refractivity contribution < 1.29 is 22.8 Å². The van der Waals surface area contributed by atoms with Crippen molar-refractivity contribution >= 4 is 23.3 Å². The fourth-order valence-electron chi connectivity index (χ4n) is 4.49. The highest BCUT2D eigenvalue weighted by atomic mass is 19.2. The number of aromatic nitrogens is 3. The Bertz CT molecular complexity index is 1240. The summed E-state index contributed by atoms with van der Waals surface area (Å²) < 4.78 is 42.1. The molecule has 2 aromatic heterocycles. The van der Waals surface area contributed by atoms with Gasteiger partial charge in [0.1, 0.15) is 0 Å². The van der Waals surface area contributed by atoms with Crippen LogP contribution in [0.3, 0.4) is 0 Å². The van der Waals surface area contributed by atoms with Crippen molar-refractivity contribution in [2.75, 3.05) is 16.8 Å². The number of hydrogen-bond acceptors (Lipinski definition) is 4. The lowest BCUT2D eigenvalue weighted by molar-refractivity contribution is -0.117. The Balaban J connectivity index is 1.36. The maximum atomic E-state index is 13.5. The van der Waals surface area contributed by atoms with E-state index in [1.54, 1.807) is 28.2 Å². The molecule has 0 radical (unpaired) electrons. The van der Waals surface area contributed by atoms with Crippen molar-refractivity contribution in [3.8, 4) is 0 Å². The van der Waals surface area contributed by atoms with Gasteiger partial charge in [-0.25, -0.2) is 18.0 Å². The molecule has 0 saturated carbocycles. The molecule has 3 amide bonds. The number of urea groups is 1. The zero-order chi connectivity index (χ0) is 24.0. The minimum atomic E-state index is -1.60. The lowest BCUT2D eigenvalue weighted by Gasteiger charge is -2.35. The van der Waals surface area contributed by atoms with Crippen molar-refractivity contribution in [3.63, 3.8) is 0 Å². The summed E-state index contributed by atoms with van der Waals surface area (Å²) in [5.74, 6) is -4.42. The third-order valence-corrected chi connectivity index (χ3v) is 6.28. The number of halogens is 3. The second-order valence-corrected chi connectivity index (χ2v) is 8.51. The number of benzene rings is 1. The van der Waals surface area contributed by atoms with E-state index < -0.39 is 23.5 Å². The highest BCUT2D eigenvalue weighted by Gasteiger charge is 2.37. The maximum Gasteiger partial charge on any atom is 0.322 e. The van der Waals surface area contributed by atoms with Crippen LogP contribution in [0.4, 0.5) is 29.3 Å². The van der Waals surface area contributed by atoms with E-state index in [-0.39, 0.29) is 30.1 Å². The minimum absolute atomic E-state index is 0.00179. The summed E-state index contributed by atoms with van der Waals surface area (Å²) in [6.07, 6.45) is 5.40. The van der Waals surface area contributed by atoms with Crippen molar-refractivity contribution in [2.24, 2.45) is 0 Å². The monoisotopic (exact) mass is 470 g/mol. The number of pyridine rings is 1. The second-order valence-electron chi connectivity index (χ2n) is 8.51. The Morgan fingerprint density at radius 3 is 2.62 bits per heavy atom. The number of rotatable bonds is 3. The topological polar surface area (TPSA) is 83.4 Å². The molecule has 0 spiro atoms. The molecule has 2 aliphatic heterocycles. The van der Waals surface area contributed by atoms with E-state index in [4.69, 9.17) is 0 Å². The van der Waals surface area contributed by atoms with Gasteiger partial charge in [0.25, 0.3) is 0 Å². The smallest absolute Gasteiger partial charge is 0.314 e. The summed E-state index contributed by atoms with van der Waals surface area (Å²) in [6, 6.07) is 4.34. The molecule has 11 heteroatoms. The molecule has 176 valence electrons. The van der Waals surface area contributed by atoms with Gasteiger partial charge in [0.15, 0.2) is 17.5 Å². The SMILES string of the molecule is C[C@H]1Cn2ncc(N3CC(c4cccnc4)CC3=O)c2CN1C(=O)Nc1cc(F)c(F)c(F)c1. The molecule has 1 N–H and O–H groups in total. The first-order chi connectivity index (χ1) is 16.3. The maximum absolute atomic E-state index is 13.5. The van der Waals surface area contributed by atoms with Crippen LogP contribution < -0.4 is 10.2 Å². The van der Waals surface area contributed by atoms with Gasteiger partial charge in [-0.2, -0.15) is 5.10 Å². The van der Waals surface area contributed by atoms with Gasteiger partial charge >= 0.3 is 6.03 Å². The van der Waals surface area contributed by atoms with Crippen LogP contribution in [-0.2, 0) is 17.9 Å². The lowest BCUT2D eigenvalue weighted by atomic mass is 10.0. The molecule has 8 nitrogen and oxygen atoms in total. The van der Waals surface area contributed by atoms with Crippen LogP contribution in [-0.4, -0.2) is 44.2 Å². The first kappa shape index (κ1) is 21.9. The normalized spacial score (nSPS) is 19.9. The minimum Gasteiger partial charge on any atom is -0.314 e. The number of carbonyl (C=O) groups excluding carboxylic acids is 2. The van der Waals surface area contributed by atoms with E-state index in [9.17, 15) is 22.8 Å². The molecule has 4 heterocycles. The molecule has 0 aliphatic carbocycles. The molecule has 0 bridgehead atoms. The van der Waals surface area contributed by atoms with Gasteiger partial charge in [0, 0.05) is 49.1 Å². The van der Waals surface area contributed by atoms with Crippen molar-refractivity contribution in [3.05, 3.63) is 71.6 Å². The van der Waals surface area contributed by atoms with Crippen LogP contribution in [0.5, 0.6) is 0 Å². The van der Waals surface area contributed by atoms with Crippen LogP contribution in [0, 0.1) is 17.5 Å². The predicted octanol–water partition coefficient (Wildman–Crippen LogP) is 3.65. The highest BCUT2D eigenvalue weighted by Crippen LogP contribution is 2.35. The van der Waals surface area contributed by atoms with Crippen LogP contribution in [0.25, 0.3) is 0 Å². The molecule has 1 saturated heterocycles. The second kappa shape index (κ2) is 8.47. The Morgan fingerprint density at radius 1 is 1.15 bits per heavy atom. The molecule has 5 rings (SSSR count). The first-order valence-corrected chi connectivity index (χ1v) is 10.8. The third-order valence-electron chi connectivity index (χ3n) is 6.28. The van der Waals surface area contributed by atoms with Gasteiger partial charge in [-0.15, -0.1) is 0 Å². The zero-order valence-corrected chi connectivity index (χ0v) is 18.2. The summed E-state index contributed by atoms with van der Waals surface area (Å²) in [4.78, 5) is 33.0. The van der Waals surface area contributed by atoms with Gasteiger partial charge in [0.05, 0.1) is 36.7 Å². The lowest BCUT2D eigenvalue weighted by Crippen LogP contribution is -2.47. The van der Waals surface area contributed by atoms with E-state index in [1.807, 2.05) is 19.1 Å². The molecule has 1 aromatic carbocycles. The van der Waals surface area contributed by atoms with E-state index in [2.05, 4.69) is 15.4 Å². The molecule has 2 atom stereocenters. The van der Waals surface area contributed by atoms with Crippen LogP contribution >= 0.6 is 0 Å². The number of carbonyl (C=O) groups is 2. The molecule has 1 unspecified atom stereocenters. The quantitative estimate of drug-likeness (QED) is 0.593. The van der Waals surface area contributed by atoms with Crippen LogP contribution in [0.2, 0.25) is 0 Å². The average molecular weight is 470 g/mol. The Kier molecular flexibility index (Phi) is 5.46. The standard InChI is InChI=1S/C23H21F3N6O2/c1-13-10-32-20(12-30(13)23(34)29-16-6-17(24)22(26)18(25)7-16)19(9-28-32)31-11-15(5-21(31)33)14-3-2-4-27-8-14/h2-4,6-9,13,15H,5,10-12H2,1H3,(H,29,34)/t13-,15?/m0/s1. The summed E-state index contributed by atoms with van der Waals surface area (Å²) in [5, 5.41) is 6.83. The Hall–Kier alpha value is -3.89. The summed E-state index contributed by atoms with van der Waals surface area (Å²) in [7, 11) is 0. The summed E-state index contributed by atoms with van der Waals surface area (Å²) >= 11 is 0. The van der Waals surface area contributed by atoms with Crippen molar-refractivity contribution in [1.29, 1.82) is 0 Å². The van der Waals surface area contributed by atoms with Crippen LogP contribution in [0.15, 0.2) is 42.9 Å². The number of fused-ring (bicyclic) bond motifs is 1. The van der Waals surface area contributed by atoms with Crippen molar-refractivity contribution in [1.82, 2.24) is 19.7 Å².